The molecule has 3 amide bonds. The molecule has 2 rings (SSSR count). The summed E-state index contributed by atoms with van der Waals surface area (Å²) in [6.07, 6.45) is -2.46. The predicted octanol–water partition coefficient (Wildman–Crippen LogP) is 4.55. The first-order chi connectivity index (χ1) is 22.9. The van der Waals surface area contributed by atoms with Gasteiger partial charge in [0, 0.05) is 33.6 Å². The van der Waals surface area contributed by atoms with Crippen LogP contribution in [0.1, 0.15) is 94.9 Å². The van der Waals surface area contributed by atoms with Gasteiger partial charge in [0.1, 0.15) is 29.0 Å². The second-order valence-corrected chi connectivity index (χ2v) is 15.2. The van der Waals surface area contributed by atoms with Gasteiger partial charge >= 0.3 is 24.2 Å². The van der Waals surface area contributed by atoms with Crippen molar-refractivity contribution in [2.24, 2.45) is 4.99 Å². The largest absolute Gasteiger partial charge is 0.460 e. The van der Waals surface area contributed by atoms with Crippen LogP contribution in [0.2, 0.25) is 0 Å². The van der Waals surface area contributed by atoms with Gasteiger partial charge in [-0.3, -0.25) is 19.5 Å². The van der Waals surface area contributed by atoms with Crippen LogP contribution < -0.4 is 15.8 Å². The molecule has 1 aromatic rings. The quantitative estimate of drug-likeness (QED) is 0.0949. The van der Waals surface area contributed by atoms with Gasteiger partial charge in [-0.2, -0.15) is 4.98 Å². The van der Waals surface area contributed by atoms with Gasteiger partial charge in [-0.05, 0) is 82.1 Å². The number of nitrogens with zero attached hydrogens (tertiary/aromatic N) is 5. The Balaban J connectivity index is 2.09. The zero-order chi connectivity index (χ0) is 38.2. The van der Waals surface area contributed by atoms with Crippen LogP contribution >= 0.6 is 0 Å². The van der Waals surface area contributed by atoms with E-state index in [0.717, 1.165) is 9.80 Å². The molecule has 0 saturated carbocycles. The molecule has 0 saturated heterocycles. The number of carbonyl (C=O) groups is 4. The monoisotopic (exact) mass is 709 g/mol. The summed E-state index contributed by atoms with van der Waals surface area (Å²) in [5.41, 5.74) is -3.44. The number of hydrogen-bond acceptors (Lipinski definition) is 13. The van der Waals surface area contributed by atoms with Crippen molar-refractivity contribution in [1.82, 2.24) is 19.8 Å². The maximum Gasteiger partial charge on any atom is 0.419 e. The maximum atomic E-state index is 13.4. The average Bonchev–Trinajstić information content (AvgIpc) is 2.93. The molecule has 282 valence electrons. The minimum Gasteiger partial charge on any atom is -0.460 e. The van der Waals surface area contributed by atoms with Crippen molar-refractivity contribution in [3.8, 4) is 0 Å². The smallest absolute Gasteiger partial charge is 0.419 e. The Kier molecular flexibility index (Phi) is 14.2. The van der Waals surface area contributed by atoms with Gasteiger partial charge in [-0.25, -0.2) is 24.3 Å². The number of H-pyrrole nitrogens is 1. The Morgan fingerprint density at radius 1 is 0.960 bits per heavy atom. The third-order valence-corrected chi connectivity index (χ3v) is 6.62. The molecule has 0 bridgehead atoms. The number of imide groups is 1. The summed E-state index contributed by atoms with van der Waals surface area (Å²) in [6, 6.07) is -1.08. The van der Waals surface area contributed by atoms with E-state index in [1.807, 2.05) is 0 Å². The summed E-state index contributed by atoms with van der Waals surface area (Å²) >= 11 is 0. The van der Waals surface area contributed by atoms with Gasteiger partial charge in [-0.15, -0.1) is 0 Å². The highest BCUT2D eigenvalue weighted by atomic mass is 16.6. The van der Waals surface area contributed by atoms with E-state index in [-0.39, 0.29) is 37.0 Å². The van der Waals surface area contributed by atoms with E-state index in [4.69, 9.17) is 18.9 Å². The van der Waals surface area contributed by atoms with Crippen LogP contribution in [0.4, 0.5) is 31.8 Å². The van der Waals surface area contributed by atoms with Crippen molar-refractivity contribution in [3.05, 3.63) is 10.4 Å². The third kappa shape index (κ3) is 13.5. The molecule has 1 aromatic heterocycles. The molecule has 3 unspecified atom stereocenters. The highest BCUT2D eigenvalue weighted by molar-refractivity contribution is 5.93. The van der Waals surface area contributed by atoms with Crippen LogP contribution in [-0.2, 0) is 23.7 Å². The minimum atomic E-state index is -1.44. The zero-order valence-corrected chi connectivity index (χ0v) is 31.4. The summed E-state index contributed by atoms with van der Waals surface area (Å²) < 4.78 is 21.8. The zero-order valence-electron chi connectivity index (χ0n) is 31.4. The number of esters is 1. The van der Waals surface area contributed by atoms with Crippen LogP contribution in [0.15, 0.2) is 9.79 Å². The highest BCUT2D eigenvalue weighted by Crippen LogP contribution is 2.31. The molecule has 0 fully saturated rings. The fourth-order valence-corrected chi connectivity index (χ4v) is 4.56. The number of hydrogen-bond donors (Lipinski definition) is 3. The van der Waals surface area contributed by atoms with Crippen molar-refractivity contribution < 1.29 is 43.2 Å². The van der Waals surface area contributed by atoms with E-state index in [9.17, 15) is 29.1 Å². The van der Waals surface area contributed by atoms with Crippen molar-refractivity contribution in [2.75, 3.05) is 37.4 Å². The summed E-state index contributed by atoms with van der Waals surface area (Å²) in [5, 5.41) is 14.3. The molecule has 0 radical (unpaired) electrons. The van der Waals surface area contributed by atoms with E-state index in [2.05, 4.69) is 20.3 Å². The van der Waals surface area contributed by atoms with Crippen LogP contribution in [0, 0.1) is 0 Å². The van der Waals surface area contributed by atoms with Crippen molar-refractivity contribution >= 4 is 48.0 Å². The first-order valence-electron chi connectivity index (χ1n) is 16.6. The van der Waals surface area contributed by atoms with Gasteiger partial charge in [0.2, 0.25) is 5.95 Å². The lowest BCUT2D eigenvalue weighted by molar-refractivity contribution is -0.154. The predicted molar refractivity (Wildman–Crippen MR) is 187 cm³/mol. The number of aromatic nitrogens is 2. The normalized spacial score (nSPS) is 16.1. The van der Waals surface area contributed by atoms with E-state index in [1.165, 1.54) is 13.3 Å². The Morgan fingerprint density at radius 3 is 2.04 bits per heavy atom. The Morgan fingerprint density at radius 2 is 1.52 bits per heavy atom. The lowest BCUT2D eigenvalue weighted by Crippen LogP contribution is -2.59. The number of aliphatic imine (C=N–C) groups is 1. The van der Waals surface area contributed by atoms with Crippen LogP contribution in [0.25, 0.3) is 0 Å². The van der Waals surface area contributed by atoms with E-state index in [1.54, 1.807) is 81.3 Å². The number of rotatable bonds is 11. The molecule has 1 aliphatic heterocycles. The Hall–Kier alpha value is -4.41. The number of aliphatic hydroxyl groups is 1. The van der Waals surface area contributed by atoms with Gasteiger partial charge in [0.15, 0.2) is 11.5 Å². The molecule has 17 heteroatoms. The van der Waals surface area contributed by atoms with Gasteiger partial charge in [0.05, 0.1) is 12.4 Å². The molecule has 0 aromatic carbocycles. The van der Waals surface area contributed by atoms with Crippen molar-refractivity contribution in [2.45, 2.75) is 130 Å². The lowest BCUT2D eigenvalue weighted by atomic mass is 10.0. The number of aliphatic hydroxyl groups excluding tert-OH is 1. The molecular weight excluding hydrogens is 654 g/mol. The van der Waals surface area contributed by atoms with Crippen molar-refractivity contribution in [3.63, 3.8) is 0 Å². The Labute approximate surface area is 293 Å². The molecular formula is C33H55N7O10. The van der Waals surface area contributed by atoms with E-state index in [0.29, 0.717) is 19.3 Å². The molecule has 1 aliphatic rings. The minimum absolute atomic E-state index is 0.00257. The number of carbonyl (C=O) groups excluding carboxylic acids is 4. The first-order valence-corrected chi connectivity index (χ1v) is 16.6. The molecule has 0 aliphatic carbocycles. The molecule has 2 heterocycles. The maximum absolute atomic E-state index is 13.4. The average molecular weight is 710 g/mol. The number of ether oxygens (including phenoxy) is 4. The van der Waals surface area contributed by atoms with Crippen LogP contribution in [0.3, 0.4) is 0 Å². The fraction of sp³-hybridized carbons (Fsp3) is 0.727. The van der Waals surface area contributed by atoms with Crippen LogP contribution in [0.5, 0.6) is 0 Å². The highest BCUT2D eigenvalue weighted by Gasteiger charge is 2.43. The van der Waals surface area contributed by atoms with Gasteiger partial charge < -0.3 is 34.3 Å². The fourth-order valence-electron chi connectivity index (χ4n) is 4.56. The third-order valence-electron chi connectivity index (χ3n) is 6.62. The molecule has 0 spiro atoms. The number of nitrogens with one attached hydrogen (secondary N) is 2. The first kappa shape index (κ1) is 41.8. The van der Waals surface area contributed by atoms with E-state index >= 15 is 0 Å². The summed E-state index contributed by atoms with van der Waals surface area (Å²) in [7, 11) is 3.50. The summed E-state index contributed by atoms with van der Waals surface area (Å²) in [5.74, 6) is -0.540. The standard InChI is InChI=1S/C33H55N7O10/c1-20(47-22(41)16-14-13-15-17-39(28(44)48-31(2,3)4)29(45)49-32(5,6)7)24(42)21-18-34-25-23(40(21)30(46)50-33(8,9)10)26(43)37-27(36-25)35-19-38(11)12/h19-21,24,42H,13-18H2,1-12H3,(H2,34,36,37,43). The van der Waals surface area contributed by atoms with Gasteiger partial charge in [-0.1, -0.05) is 6.42 Å². The van der Waals surface area contributed by atoms with Gasteiger partial charge in [0.25, 0.3) is 5.56 Å². The number of aromatic amines is 1. The second kappa shape index (κ2) is 17.0. The number of amides is 3. The second-order valence-electron chi connectivity index (χ2n) is 15.2. The number of anilines is 2. The number of unbranched alkanes of at least 4 members (excludes halogenated alkanes) is 2. The lowest BCUT2D eigenvalue weighted by Gasteiger charge is -2.40. The van der Waals surface area contributed by atoms with Crippen molar-refractivity contribution in [1.29, 1.82) is 0 Å². The summed E-state index contributed by atoms with van der Waals surface area (Å²) in [4.78, 5) is 79.4. The Bertz CT molecular complexity index is 1410. The number of fused-ring (bicyclic) bond motifs is 1. The summed E-state index contributed by atoms with van der Waals surface area (Å²) in [6.45, 7) is 16.6. The SMILES string of the molecule is CC(OC(=O)CCCCCN(C(=O)OC(C)(C)C)C(=O)OC(C)(C)C)C(O)C1CNc2nc(N=CN(C)C)[nH]c(=O)c2N1C(=O)OC(C)(C)C. The van der Waals surface area contributed by atoms with Crippen LogP contribution in [-0.4, -0.2) is 118 Å². The molecule has 50 heavy (non-hydrogen) atoms. The van der Waals surface area contributed by atoms with E-state index < -0.39 is 64.9 Å². The molecule has 3 N–H and O–H groups in total. The topological polar surface area (TPSA) is 205 Å². The molecule has 3 atom stereocenters. The molecule has 17 nitrogen and oxygen atoms in total.